The molecule has 0 saturated carbocycles. The Hall–Kier alpha value is -1.66. The number of amides is 1. The van der Waals surface area contributed by atoms with Crippen LogP contribution in [0.3, 0.4) is 0 Å². The molecule has 5 nitrogen and oxygen atoms in total. The molecular formula is C14H18FNO4. The number of benzene rings is 1. The van der Waals surface area contributed by atoms with Gasteiger partial charge in [-0.15, -0.1) is 0 Å². The van der Waals surface area contributed by atoms with Crippen LogP contribution in [0.2, 0.25) is 0 Å². The highest BCUT2D eigenvalue weighted by Gasteiger charge is 2.37. The van der Waals surface area contributed by atoms with E-state index in [0.29, 0.717) is 18.5 Å². The molecular weight excluding hydrogens is 265 g/mol. The summed E-state index contributed by atoms with van der Waals surface area (Å²) in [7, 11) is 0. The number of carbonyl (C=O) groups is 1. The van der Waals surface area contributed by atoms with Crippen molar-refractivity contribution < 1.29 is 24.5 Å². The summed E-state index contributed by atoms with van der Waals surface area (Å²) in [6.45, 7) is 1.95. The number of hydrogen-bond donors (Lipinski definition) is 3. The molecule has 0 radical (unpaired) electrons. The van der Waals surface area contributed by atoms with Crippen LogP contribution in [0.5, 0.6) is 5.75 Å². The molecule has 1 fully saturated rings. The van der Waals surface area contributed by atoms with E-state index in [4.69, 9.17) is 5.11 Å². The Labute approximate surface area is 116 Å². The molecule has 1 aromatic rings. The van der Waals surface area contributed by atoms with Gasteiger partial charge in [0.05, 0.1) is 18.1 Å². The minimum absolute atomic E-state index is 0.00787. The molecule has 1 saturated heterocycles. The van der Waals surface area contributed by atoms with Crippen molar-refractivity contribution in [3.05, 3.63) is 29.6 Å². The Kier molecular flexibility index (Phi) is 3.96. The van der Waals surface area contributed by atoms with E-state index in [-0.39, 0.29) is 18.9 Å². The summed E-state index contributed by atoms with van der Waals surface area (Å²) in [6.07, 6.45) is -0.702. The second-order valence-corrected chi connectivity index (χ2v) is 5.43. The Morgan fingerprint density at radius 2 is 2.25 bits per heavy atom. The first-order chi connectivity index (χ1) is 9.29. The highest BCUT2D eigenvalue weighted by atomic mass is 19.1. The molecule has 1 heterocycles. The standard InChI is InChI=1S/C14H18FNO4/c1-14(20)4-5-16(8-12(14)18)13(19)7-9-2-3-11(17)10(15)6-9/h2-3,6,12,17-18,20H,4-5,7-8H2,1H3/t12-,14-/m1/s1. The summed E-state index contributed by atoms with van der Waals surface area (Å²) in [5, 5.41) is 28.7. The van der Waals surface area contributed by atoms with Crippen LogP contribution < -0.4 is 0 Å². The second kappa shape index (κ2) is 5.38. The fourth-order valence-corrected chi connectivity index (χ4v) is 2.20. The van der Waals surface area contributed by atoms with Crippen molar-refractivity contribution in [3.8, 4) is 5.75 Å². The van der Waals surface area contributed by atoms with Crippen LogP contribution >= 0.6 is 0 Å². The molecule has 1 aliphatic heterocycles. The fourth-order valence-electron chi connectivity index (χ4n) is 2.20. The van der Waals surface area contributed by atoms with Crippen molar-refractivity contribution in [1.29, 1.82) is 0 Å². The van der Waals surface area contributed by atoms with Crippen LogP contribution in [0.1, 0.15) is 18.9 Å². The number of nitrogens with zero attached hydrogens (tertiary/aromatic N) is 1. The molecule has 1 amide bonds. The van der Waals surface area contributed by atoms with E-state index in [1.165, 1.54) is 24.0 Å². The number of likely N-dealkylation sites (tertiary alicyclic amines) is 1. The van der Waals surface area contributed by atoms with E-state index in [0.717, 1.165) is 6.07 Å². The molecule has 2 atom stereocenters. The van der Waals surface area contributed by atoms with Crippen LogP contribution in [0, 0.1) is 5.82 Å². The maximum atomic E-state index is 13.2. The third-order valence-corrected chi connectivity index (χ3v) is 3.72. The third-order valence-electron chi connectivity index (χ3n) is 3.72. The summed E-state index contributed by atoms with van der Waals surface area (Å²) >= 11 is 0. The van der Waals surface area contributed by atoms with Crippen LogP contribution in [0.25, 0.3) is 0 Å². The van der Waals surface area contributed by atoms with Gasteiger partial charge in [-0.1, -0.05) is 6.07 Å². The van der Waals surface area contributed by atoms with Crippen LogP contribution in [-0.2, 0) is 11.2 Å². The molecule has 1 aliphatic rings. The summed E-state index contributed by atoms with van der Waals surface area (Å²) in [4.78, 5) is 13.5. The first-order valence-corrected chi connectivity index (χ1v) is 6.45. The number of aromatic hydroxyl groups is 1. The summed E-state index contributed by atoms with van der Waals surface area (Å²) in [6, 6.07) is 3.80. The van der Waals surface area contributed by atoms with Gasteiger partial charge < -0.3 is 20.2 Å². The van der Waals surface area contributed by atoms with Gasteiger partial charge in [0.15, 0.2) is 11.6 Å². The van der Waals surface area contributed by atoms with E-state index in [2.05, 4.69) is 0 Å². The second-order valence-electron chi connectivity index (χ2n) is 5.43. The number of hydrogen-bond acceptors (Lipinski definition) is 4. The predicted octanol–water partition coefficient (Wildman–Crippen LogP) is 0.418. The molecule has 0 aromatic heterocycles. The highest BCUT2D eigenvalue weighted by Crippen LogP contribution is 2.23. The molecule has 0 aliphatic carbocycles. The molecule has 2 rings (SSSR count). The molecule has 1 aromatic carbocycles. The van der Waals surface area contributed by atoms with Crippen molar-refractivity contribution in [3.63, 3.8) is 0 Å². The Bertz CT molecular complexity index is 518. The van der Waals surface area contributed by atoms with E-state index in [9.17, 15) is 19.4 Å². The number of rotatable bonds is 2. The lowest BCUT2D eigenvalue weighted by molar-refractivity contribution is -0.145. The number of piperidine rings is 1. The van der Waals surface area contributed by atoms with Crippen LogP contribution in [0.15, 0.2) is 18.2 Å². The lowest BCUT2D eigenvalue weighted by Crippen LogP contribution is -2.55. The molecule has 6 heteroatoms. The zero-order valence-corrected chi connectivity index (χ0v) is 11.2. The molecule has 0 spiro atoms. The number of carbonyl (C=O) groups excluding carboxylic acids is 1. The lowest BCUT2D eigenvalue weighted by Gasteiger charge is -2.40. The monoisotopic (exact) mass is 283 g/mol. The quantitative estimate of drug-likeness (QED) is 0.734. The van der Waals surface area contributed by atoms with Gasteiger partial charge in [-0.3, -0.25) is 4.79 Å². The first-order valence-electron chi connectivity index (χ1n) is 6.45. The third kappa shape index (κ3) is 3.08. The maximum absolute atomic E-state index is 13.2. The normalized spacial score (nSPS) is 26.6. The average Bonchev–Trinajstić information content (AvgIpc) is 2.37. The molecule has 20 heavy (non-hydrogen) atoms. The largest absolute Gasteiger partial charge is 0.505 e. The Balaban J connectivity index is 2.00. The minimum atomic E-state index is -1.18. The van der Waals surface area contributed by atoms with Crippen molar-refractivity contribution in [1.82, 2.24) is 4.90 Å². The number of halogens is 1. The SMILES string of the molecule is C[C@@]1(O)CCN(C(=O)Cc2ccc(O)c(F)c2)C[C@H]1O. The lowest BCUT2D eigenvalue weighted by atomic mass is 9.90. The summed E-state index contributed by atoms with van der Waals surface area (Å²) < 4.78 is 13.2. The number of phenols is 1. The van der Waals surface area contributed by atoms with Crippen LogP contribution in [0.4, 0.5) is 4.39 Å². The van der Waals surface area contributed by atoms with Crippen molar-refractivity contribution in [2.24, 2.45) is 0 Å². The van der Waals surface area contributed by atoms with E-state index in [1.54, 1.807) is 0 Å². The van der Waals surface area contributed by atoms with Gasteiger partial charge in [0.25, 0.3) is 0 Å². The average molecular weight is 283 g/mol. The van der Waals surface area contributed by atoms with Gasteiger partial charge in [0.2, 0.25) is 5.91 Å². The number of aliphatic hydroxyl groups excluding tert-OH is 1. The van der Waals surface area contributed by atoms with Crippen molar-refractivity contribution in [2.75, 3.05) is 13.1 Å². The van der Waals surface area contributed by atoms with Gasteiger partial charge in [0.1, 0.15) is 0 Å². The number of aliphatic hydroxyl groups is 2. The van der Waals surface area contributed by atoms with Crippen LogP contribution in [-0.4, -0.2) is 50.9 Å². The zero-order valence-electron chi connectivity index (χ0n) is 11.2. The predicted molar refractivity (Wildman–Crippen MR) is 69.6 cm³/mol. The van der Waals surface area contributed by atoms with Crippen molar-refractivity contribution in [2.45, 2.75) is 31.5 Å². The first kappa shape index (κ1) is 14.7. The van der Waals surface area contributed by atoms with Gasteiger partial charge >= 0.3 is 0 Å². The molecule has 0 unspecified atom stereocenters. The van der Waals surface area contributed by atoms with Gasteiger partial charge in [-0.05, 0) is 31.0 Å². The van der Waals surface area contributed by atoms with Crippen molar-refractivity contribution >= 4 is 5.91 Å². The zero-order chi connectivity index (χ0) is 14.9. The van der Waals surface area contributed by atoms with E-state index < -0.39 is 23.3 Å². The summed E-state index contributed by atoms with van der Waals surface area (Å²) in [5.41, 5.74) is -0.723. The molecule has 3 N–H and O–H groups in total. The Morgan fingerprint density at radius 1 is 1.55 bits per heavy atom. The molecule has 0 bridgehead atoms. The van der Waals surface area contributed by atoms with Gasteiger partial charge in [-0.25, -0.2) is 4.39 Å². The van der Waals surface area contributed by atoms with E-state index in [1.807, 2.05) is 0 Å². The summed E-state index contributed by atoms with van der Waals surface area (Å²) in [5.74, 6) is -1.47. The topological polar surface area (TPSA) is 81.0 Å². The highest BCUT2D eigenvalue weighted by molar-refractivity contribution is 5.79. The van der Waals surface area contributed by atoms with E-state index >= 15 is 0 Å². The van der Waals surface area contributed by atoms with Gasteiger partial charge in [0, 0.05) is 13.1 Å². The molecule has 110 valence electrons. The Morgan fingerprint density at radius 3 is 2.85 bits per heavy atom. The van der Waals surface area contributed by atoms with Gasteiger partial charge in [-0.2, -0.15) is 0 Å². The smallest absolute Gasteiger partial charge is 0.227 e. The fraction of sp³-hybridized carbons (Fsp3) is 0.500. The number of β-amino-alcohol motifs (C(OH)–C–C–N with tert-alkyl or cyclic N) is 1. The number of phenolic OH excluding ortho intramolecular Hbond substituents is 1. The minimum Gasteiger partial charge on any atom is -0.505 e. The maximum Gasteiger partial charge on any atom is 0.227 e.